The second-order valence-electron chi connectivity index (χ2n) is 6.44. The number of aryl methyl sites for hydroxylation is 1. The van der Waals surface area contributed by atoms with E-state index >= 15 is 0 Å². The summed E-state index contributed by atoms with van der Waals surface area (Å²) in [5, 5.41) is 4.63. The summed E-state index contributed by atoms with van der Waals surface area (Å²) >= 11 is 1.29. The van der Waals surface area contributed by atoms with Gasteiger partial charge in [-0.2, -0.15) is 4.98 Å². The number of nitrogens with zero attached hydrogens (tertiary/aromatic N) is 3. The standard InChI is InChI=1S/C19H21N3O4S/c1-11(2)9-15-21-16(26-22-15)10-25-19(23)17-12(3)20-18(27-17)13-5-7-14(24-4)8-6-13/h5-8,11H,9-10H2,1-4H3. The Hall–Kier alpha value is -2.74. The van der Waals surface area contributed by atoms with Gasteiger partial charge >= 0.3 is 5.97 Å². The number of hydrogen-bond acceptors (Lipinski definition) is 8. The third-order valence-corrected chi connectivity index (χ3v) is 4.93. The van der Waals surface area contributed by atoms with E-state index < -0.39 is 5.97 Å². The molecule has 0 unspecified atom stereocenters. The van der Waals surface area contributed by atoms with Crippen LogP contribution < -0.4 is 4.74 Å². The molecule has 0 bridgehead atoms. The first-order valence-corrected chi connectivity index (χ1v) is 9.38. The molecule has 3 rings (SSSR count). The lowest BCUT2D eigenvalue weighted by Gasteiger charge is -2.00. The molecule has 8 heteroatoms. The van der Waals surface area contributed by atoms with Crippen LogP contribution in [0.1, 0.15) is 40.9 Å². The summed E-state index contributed by atoms with van der Waals surface area (Å²) in [6.07, 6.45) is 0.719. The fraction of sp³-hybridized carbons (Fsp3) is 0.368. The average molecular weight is 387 g/mol. The maximum Gasteiger partial charge on any atom is 0.350 e. The minimum Gasteiger partial charge on any atom is -0.497 e. The maximum atomic E-state index is 12.4. The normalized spacial score (nSPS) is 11.0. The lowest BCUT2D eigenvalue weighted by atomic mass is 10.1. The summed E-state index contributed by atoms with van der Waals surface area (Å²) in [7, 11) is 1.62. The number of esters is 1. The summed E-state index contributed by atoms with van der Waals surface area (Å²) in [6, 6.07) is 7.52. The van der Waals surface area contributed by atoms with Gasteiger partial charge in [-0.3, -0.25) is 0 Å². The molecule has 1 aromatic carbocycles. The Balaban J connectivity index is 1.66. The molecule has 2 heterocycles. The lowest BCUT2D eigenvalue weighted by Crippen LogP contribution is -2.05. The van der Waals surface area contributed by atoms with E-state index in [0.29, 0.717) is 22.3 Å². The van der Waals surface area contributed by atoms with Crippen molar-refractivity contribution in [3.05, 3.63) is 46.6 Å². The van der Waals surface area contributed by atoms with E-state index in [1.165, 1.54) is 11.3 Å². The lowest BCUT2D eigenvalue weighted by molar-refractivity contribution is 0.0434. The van der Waals surface area contributed by atoms with E-state index in [0.717, 1.165) is 22.7 Å². The topological polar surface area (TPSA) is 87.3 Å². The highest BCUT2D eigenvalue weighted by molar-refractivity contribution is 7.17. The zero-order valence-corrected chi connectivity index (χ0v) is 16.5. The monoisotopic (exact) mass is 387 g/mol. The summed E-state index contributed by atoms with van der Waals surface area (Å²) in [4.78, 5) is 21.6. The molecule has 2 aromatic heterocycles. The van der Waals surface area contributed by atoms with Crippen LogP contribution in [-0.2, 0) is 17.8 Å². The molecule has 0 radical (unpaired) electrons. The largest absolute Gasteiger partial charge is 0.497 e. The first-order valence-electron chi connectivity index (χ1n) is 8.56. The molecule has 0 N–H and O–H groups in total. The van der Waals surface area contributed by atoms with Gasteiger partial charge in [0.25, 0.3) is 5.89 Å². The van der Waals surface area contributed by atoms with Gasteiger partial charge in [-0.15, -0.1) is 11.3 Å². The van der Waals surface area contributed by atoms with Gasteiger partial charge in [-0.05, 0) is 37.1 Å². The van der Waals surface area contributed by atoms with Gasteiger partial charge in [0.1, 0.15) is 15.6 Å². The maximum absolute atomic E-state index is 12.4. The smallest absolute Gasteiger partial charge is 0.350 e. The minimum atomic E-state index is -0.451. The van der Waals surface area contributed by atoms with Crippen LogP contribution in [0.5, 0.6) is 5.75 Å². The molecule has 0 saturated heterocycles. The molecule has 0 aliphatic heterocycles. The third-order valence-electron chi connectivity index (χ3n) is 3.75. The number of thiazole rings is 1. The number of aromatic nitrogens is 3. The molecule has 142 valence electrons. The van der Waals surface area contributed by atoms with Crippen molar-refractivity contribution in [3.8, 4) is 16.3 Å². The highest BCUT2D eigenvalue weighted by Crippen LogP contribution is 2.29. The Morgan fingerprint density at radius 3 is 2.63 bits per heavy atom. The molecule has 0 saturated carbocycles. The van der Waals surface area contributed by atoms with Crippen molar-refractivity contribution < 1.29 is 18.8 Å². The van der Waals surface area contributed by atoms with Crippen molar-refractivity contribution in [2.75, 3.05) is 7.11 Å². The zero-order valence-electron chi connectivity index (χ0n) is 15.7. The first kappa shape index (κ1) is 19.0. The summed E-state index contributed by atoms with van der Waals surface area (Å²) in [5.41, 5.74) is 1.54. The Morgan fingerprint density at radius 1 is 1.22 bits per heavy atom. The van der Waals surface area contributed by atoms with Crippen molar-refractivity contribution in [1.82, 2.24) is 15.1 Å². The molecule has 0 spiro atoms. The van der Waals surface area contributed by atoms with Crippen LogP contribution in [-0.4, -0.2) is 28.2 Å². The predicted octanol–water partition coefficient (Wildman–Crippen LogP) is 4.07. The van der Waals surface area contributed by atoms with Crippen molar-refractivity contribution in [2.24, 2.45) is 5.92 Å². The third kappa shape index (κ3) is 4.71. The highest BCUT2D eigenvalue weighted by atomic mass is 32.1. The number of carbonyl (C=O) groups excluding carboxylic acids is 1. The van der Waals surface area contributed by atoms with E-state index in [-0.39, 0.29) is 12.5 Å². The van der Waals surface area contributed by atoms with Gasteiger partial charge in [0.15, 0.2) is 12.4 Å². The van der Waals surface area contributed by atoms with Crippen LogP contribution in [0.4, 0.5) is 0 Å². The second-order valence-corrected chi connectivity index (χ2v) is 7.44. The second kappa shape index (κ2) is 8.30. The van der Waals surface area contributed by atoms with Crippen molar-refractivity contribution in [1.29, 1.82) is 0 Å². The van der Waals surface area contributed by atoms with E-state index in [1.807, 2.05) is 24.3 Å². The Morgan fingerprint density at radius 2 is 1.96 bits per heavy atom. The molecule has 0 amide bonds. The number of methoxy groups -OCH3 is 1. The number of ether oxygens (including phenoxy) is 2. The van der Waals surface area contributed by atoms with Gasteiger partial charge in [0, 0.05) is 12.0 Å². The number of carbonyl (C=O) groups is 1. The van der Waals surface area contributed by atoms with Gasteiger partial charge in [-0.1, -0.05) is 19.0 Å². The molecule has 0 atom stereocenters. The first-order chi connectivity index (χ1) is 13.0. The SMILES string of the molecule is COc1ccc(-c2nc(C)c(C(=O)OCc3nc(CC(C)C)no3)s2)cc1. The van der Waals surface area contributed by atoms with Crippen LogP contribution in [0, 0.1) is 12.8 Å². The molecule has 7 nitrogen and oxygen atoms in total. The molecule has 0 aliphatic carbocycles. The number of hydrogen-bond donors (Lipinski definition) is 0. The molecule has 27 heavy (non-hydrogen) atoms. The van der Waals surface area contributed by atoms with Crippen LogP contribution in [0.25, 0.3) is 10.6 Å². The molecular formula is C19H21N3O4S. The van der Waals surface area contributed by atoms with Crippen LogP contribution >= 0.6 is 11.3 Å². The predicted molar refractivity (Wildman–Crippen MR) is 101 cm³/mol. The van der Waals surface area contributed by atoms with E-state index in [1.54, 1.807) is 14.0 Å². The Labute approximate surface area is 161 Å². The molecular weight excluding hydrogens is 366 g/mol. The fourth-order valence-electron chi connectivity index (χ4n) is 2.43. The zero-order chi connectivity index (χ0) is 19.4. The van der Waals surface area contributed by atoms with E-state index in [2.05, 4.69) is 29.0 Å². The average Bonchev–Trinajstić information content (AvgIpc) is 3.25. The minimum absolute atomic E-state index is 0.0564. The van der Waals surface area contributed by atoms with Crippen molar-refractivity contribution in [2.45, 2.75) is 33.8 Å². The quantitative estimate of drug-likeness (QED) is 0.565. The highest BCUT2D eigenvalue weighted by Gasteiger charge is 2.19. The summed E-state index contributed by atoms with van der Waals surface area (Å²) in [5.74, 6) is 1.65. The van der Waals surface area contributed by atoms with Crippen LogP contribution in [0.15, 0.2) is 28.8 Å². The number of rotatable bonds is 7. The Bertz CT molecular complexity index is 915. The van der Waals surface area contributed by atoms with Gasteiger partial charge < -0.3 is 14.0 Å². The van der Waals surface area contributed by atoms with E-state index in [4.69, 9.17) is 14.0 Å². The van der Waals surface area contributed by atoms with E-state index in [9.17, 15) is 4.79 Å². The van der Waals surface area contributed by atoms with Crippen LogP contribution in [0.3, 0.4) is 0 Å². The molecule has 3 aromatic rings. The number of benzene rings is 1. The van der Waals surface area contributed by atoms with Gasteiger partial charge in [0.05, 0.1) is 12.8 Å². The van der Waals surface area contributed by atoms with Gasteiger partial charge in [-0.25, -0.2) is 9.78 Å². The fourth-order valence-corrected chi connectivity index (χ4v) is 3.40. The molecule has 0 fully saturated rings. The van der Waals surface area contributed by atoms with Gasteiger partial charge in [0.2, 0.25) is 0 Å². The summed E-state index contributed by atoms with van der Waals surface area (Å²) in [6.45, 7) is 5.87. The Kier molecular flexibility index (Phi) is 5.85. The van der Waals surface area contributed by atoms with Crippen molar-refractivity contribution >= 4 is 17.3 Å². The van der Waals surface area contributed by atoms with Crippen LogP contribution in [0.2, 0.25) is 0 Å². The summed E-state index contributed by atoms with van der Waals surface area (Å²) < 4.78 is 15.6. The van der Waals surface area contributed by atoms with Crippen molar-refractivity contribution in [3.63, 3.8) is 0 Å². The molecule has 0 aliphatic rings.